The van der Waals surface area contributed by atoms with E-state index >= 15 is 0 Å². The van der Waals surface area contributed by atoms with Crippen LogP contribution < -0.4 is 5.32 Å². The van der Waals surface area contributed by atoms with Gasteiger partial charge in [-0.3, -0.25) is 0 Å². The van der Waals surface area contributed by atoms with Gasteiger partial charge in [0.25, 0.3) is 0 Å². The van der Waals surface area contributed by atoms with Crippen LogP contribution >= 0.6 is 0 Å². The van der Waals surface area contributed by atoms with Crippen molar-refractivity contribution < 1.29 is 4.79 Å². The lowest BCUT2D eigenvalue weighted by molar-refractivity contribution is 0.197. The van der Waals surface area contributed by atoms with Crippen LogP contribution in [-0.2, 0) is 0 Å². The van der Waals surface area contributed by atoms with Crippen LogP contribution in [0.2, 0.25) is 0 Å². The molecule has 1 aromatic rings. The number of hydrogen-bond acceptors (Lipinski definition) is 1. The number of benzene rings is 1. The molecule has 0 radical (unpaired) electrons. The van der Waals surface area contributed by atoms with Gasteiger partial charge in [-0.25, -0.2) is 4.79 Å². The van der Waals surface area contributed by atoms with Crippen LogP contribution in [0.3, 0.4) is 0 Å². The molecule has 0 aromatic heterocycles. The number of carbonyl (C=O) groups is 1. The van der Waals surface area contributed by atoms with Crippen LogP contribution in [0.5, 0.6) is 0 Å². The zero-order chi connectivity index (χ0) is 15.2. The summed E-state index contributed by atoms with van der Waals surface area (Å²) in [6.45, 7) is 1.54. The van der Waals surface area contributed by atoms with Crippen LogP contribution in [0.15, 0.2) is 36.4 Å². The summed E-state index contributed by atoms with van der Waals surface area (Å²) in [5.74, 6) is 0. The molecule has 3 rings (SSSR count). The molecule has 0 bridgehead atoms. The number of rotatable bonds is 2. The molecule has 0 unspecified atom stereocenters. The van der Waals surface area contributed by atoms with Gasteiger partial charge in [0.05, 0.1) is 0 Å². The zero-order valence-corrected chi connectivity index (χ0v) is 13.3. The van der Waals surface area contributed by atoms with Crippen molar-refractivity contribution in [2.24, 2.45) is 0 Å². The molecule has 1 N–H and O–H groups in total. The van der Waals surface area contributed by atoms with Crippen LogP contribution in [0.4, 0.5) is 4.79 Å². The van der Waals surface area contributed by atoms with Gasteiger partial charge in [0.15, 0.2) is 0 Å². The van der Waals surface area contributed by atoms with Crippen LogP contribution in [-0.4, -0.2) is 30.1 Å². The zero-order valence-electron chi connectivity index (χ0n) is 13.3. The molecule has 0 saturated heterocycles. The monoisotopic (exact) mass is 298 g/mol. The standard InChI is InChI=1S/C19H26N2O/c22-19(20-18-10-6-1-2-7-11-18)21-14-12-17(13-15-21)16-8-4-3-5-9-16/h3-5,8-9,12,18H,1-2,6-7,10-11,13-15H2,(H,20,22). The molecule has 0 spiro atoms. The molecular weight excluding hydrogens is 272 g/mol. The van der Waals surface area contributed by atoms with E-state index in [-0.39, 0.29) is 6.03 Å². The Bertz CT molecular complexity index is 515. The first kappa shape index (κ1) is 15.1. The van der Waals surface area contributed by atoms with E-state index in [1.54, 1.807) is 0 Å². The van der Waals surface area contributed by atoms with Crippen LogP contribution in [0.1, 0.15) is 50.5 Å². The molecule has 3 heteroatoms. The molecule has 2 aliphatic rings. The average Bonchev–Trinajstić information content (AvgIpc) is 2.84. The molecular formula is C19H26N2O. The fraction of sp³-hybridized carbons (Fsp3) is 0.526. The molecule has 118 valence electrons. The number of urea groups is 1. The van der Waals surface area contributed by atoms with E-state index in [1.165, 1.54) is 36.8 Å². The average molecular weight is 298 g/mol. The van der Waals surface area contributed by atoms with Gasteiger partial charge in [0.1, 0.15) is 0 Å². The van der Waals surface area contributed by atoms with Crippen molar-refractivity contribution in [3.8, 4) is 0 Å². The number of hydrogen-bond donors (Lipinski definition) is 1. The molecule has 1 heterocycles. The summed E-state index contributed by atoms with van der Waals surface area (Å²) in [5, 5.41) is 3.24. The van der Waals surface area contributed by atoms with Gasteiger partial charge < -0.3 is 10.2 Å². The Balaban J connectivity index is 1.54. The SMILES string of the molecule is O=C(NC1CCCCCC1)N1CC=C(c2ccccc2)CC1. The summed E-state index contributed by atoms with van der Waals surface area (Å²) in [6, 6.07) is 11.0. The Kier molecular flexibility index (Phi) is 5.15. The lowest BCUT2D eigenvalue weighted by Crippen LogP contribution is -2.46. The summed E-state index contributed by atoms with van der Waals surface area (Å²) >= 11 is 0. The molecule has 1 saturated carbocycles. The lowest BCUT2D eigenvalue weighted by atomic mass is 10.00. The van der Waals surface area contributed by atoms with Crippen LogP contribution in [0, 0.1) is 0 Å². The minimum absolute atomic E-state index is 0.121. The van der Waals surface area contributed by atoms with Crippen molar-refractivity contribution in [1.82, 2.24) is 10.2 Å². The van der Waals surface area contributed by atoms with Gasteiger partial charge in [0.2, 0.25) is 0 Å². The van der Waals surface area contributed by atoms with Gasteiger partial charge in [-0.15, -0.1) is 0 Å². The summed E-state index contributed by atoms with van der Waals surface area (Å²) in [5.41, 5.74) is 2.64. The Morgan fingerprint density at radius 2 is 1.77 bits per heavy atom. The largest absolute Gasteiger partial charge is 0.335 e. The van der Waals surface area contributed by atoms with Crippen molar-refractivity contribution in [2.75, 3.05) is 13.1 Å². The number of carbonyl (C=O) groups excluding carboxylic acids is 1. The summed E-state index contributed by atoms with van der Waals surface area (Å²) in [4.78, 5) is 14.3. The Labute approximate surface area is 133 Å². The minimum Gasteiger partial charge on any atom is -0.335 e. The molecule has 2 amide bonds. The van der Waals surface area contributed by atoms with Gasteiger partial charge in [-0.05, 0) is 30.4 Å². The molecule has 3 nitrogen and oxygen atoms in total. The Morgan fingerprint density at radius 3 is 2.41 bits per heavy atom. The van der Waals surface area contributed by atoms with E-state index in [0.717, 1.165) is 32.4 Å². The maximum atomic E-state index is 12.4. The summed E-state index contributed by atoms with van der Waals surface area (Å²) in [6.07, 6.45) is 10.6. The third kappa shape index (κ3) is 3.90. The second-order valence-corrected chi connectivity index (χ2v) is 6.43. The number of amides is 2. The second-order valence-electron chi connectivity index (χ2n) is 6.43. The first-order valence-electron chi connectivity index (χ1n) is 8.63. The molecule has 0 atom stereocenters. The van der Waals surface area contributed by atoms with Crippen molar-refractivity contribution in [3.05, 3.63) is 42.0 Å². The second kappa shape index (κ2) is 7.48. The van der Waals surface area contributed by atoms with E-state index < -0.39 is 0 Å². The molecule has 1 fully saturated rings. The summed E-state index contributed by atoms with van der Waals surface area (Å²) < 4.78 is 0. The highest BCUT2D eigenvalue weighted by Gasteiger charge is 2.21. The molecule has 1 aliphatic carbocycles. The van der Waals surface area contributed by atoms with Crippen molar-refractivity contribution >= 4 is 11.6 Å². The van der Waals surface area contributed by atoms with Gasteiger partial charge in [0, 0.05) is 19.1 Å². The molecule has 22 heavy (non-hydrogen) atoms. The highest BCUT2D eigenvalue weighted by Crippen LogP contribution is 2.22. The normalized spacial score (nSPS) is 20.2. The van der Waals surface area contributed by atoms with Crippen molar-refractivity contribution in [3.63, 3.8) is 0 Å². The van der Waals surface area contributed by atoms with Crippen molar-refractivity contribution in [1.29, 1.82) is 0 Å². The highest BCUT2D eigenvalue weighted by molar-refractivity contribution is 5.77. The van der Waals surface area contributed by atoms with Crippen LogP contribution in [0.25, 0.3) is 5.57 Å². The lowest BCUT2D eigenvalue weighted by Gasteiger charge is -2.29. The van der Waals surface area contributed by atoms with Gasteiger partial charge >= 0.3 is 6.03 Å². The third-order valence-electron chi connectivity index (χ3n) is 4.82. The predicted molar refractivity (Wildman–Crippen MR) is 90.6 cm³/mol. The van der Waals surface area contributed by atoms with E-state index in [0.29, 0.717) is 6.04 Å². The van der Waals surface area contributed by atoms with E-state index in [1.807, 2.05) is 11.0 Å². The predicted octanol–water partition coefficient (Wildman–Crippen LogP) is 4.21. The van der Waals surface area contributed by atoms with Gasteiger partial charge in [-0.2, -0.15) is 0 Å². The fourth-order valence-corrected chi connectivity index (χ4v) is 3.46. The van der Waals surface area contributed by atoms with E-state index in [4.69, 9.17) is 0 Å². The smallest absolute Gasteiger partial charge is 0.317 e. The Hall–Kier alpha value is -1.77. The fourth-order valence-electron chi connectivity index (χ4n) is 3.46. The van der Waals surface area contributed by atoms with E-state index in [9.17, 15) is 4.79 Å². The summed E-state index contributed by atoms with van der Waals surface area (Å²) in [7, 11) is 0. The van der Waals surface area contributed by atoms with Gasteiger partial charge in [-0.1, -0.05) is 62.1 Å². The van der Waals surface area contributed by atoms with E-state index in [2.05, 4.69) is 35.7 Å². The Morgan fingerprint density at radius 1 is 1.05 bits per heavy atom. The maximum Gasteiger partial charge on any atom is 0.317 e. The minimum atomic E-state index is 0.121. The molecule has 1 aliphatic heterocycles. The first-order chi connectivity index (χ1) is 10.8. The molecule has 1 aromatic carbocycles. The maximum absolute atomic E-state index is 12.4. The topological polar surface area (TPSA) is 32.3 Å². The third-order valence-corrected chi connectivity index (χ3v) is 4.82. The first-order valence-corrected chi connectivity index (χ1v) is 8.63. The quantitative estimate of drug-likeness (QED) is 0.815. The highest BCUT2D eigenvalue weighted by atomic mass is 16.2. The number of nitrogens with one attached hydrogen (secondary N) is 1. The number of nitrogens with zero attached hydrogens (tertiary/aromatic N) is 1. The van der Waals surface area contributed by atoms with Crippen molar-refractivity contribution in [2.45, 2.75) is 51.0 Å².